The van der Waals surface area contributed by atoms with Crippen molar-refractivity contribution in [3.05, 3.63) is 95.1 Å². The fourth-order valence-corrected chi connectivity index (χ4v) is 8.47. The van der Waals surface area contributed by atoms with Crippen LogP contribution in [-0.2, 0) is 10.8 Å². The van der Waals surface area contributed by atoms with Crippen LogP contribution in [-0.4, -0.2) is 40.2 Å². The van der Waals surface area contributed by atoms with Crippen molar-refractivity contribution < 1.29 is 10.2 Å². The van der Waals surface area contributed by atoms with Crippen LogP contribution < -0.4 is 0 Å². The molecule has 51 heavy (non-hydrogen) atoms. The summed E-state index contributed by atoms with van der Waals surface area (Å²) in [4.78, 5) is 0. The third kappa shape index (κ3) is 7.10. The second kappa shape index (κ2) is 12.8. The molecule has 8 nitrogen and oxygen atoms in total. The largest absolute Gasteiger partial charge is 0.505 e. The lowest BCUT2D eigenvalue weighted by Crippen LogP contribution is -2.26. The quantitative estimate of drug-likeness (QED) is 0.157. The molecule has 0 saturated heterocycles. The first kappa shape index (κ1) is 36.1. The van der Waals surface area contributed by atoms with Crippen molar-refractivity contribution in [1.82, 2.24) is 30.0 Å². The summed E-state index contributed by atoms with van der Waals surface area (Å²) in [5.74, 6) is -0.110. The van der Waals surface area contributed by atoms with Gasteiger partial charge in [0.25, 0.3) is 0 Å². The monoisotopic (exact) mass is 686 g/mol. The van der Waals surface area contributed by atoms with E-state index < -0.39 is 0 Å². The Kier molecular flexibility index (Phi) is 9.06. The molecule has 8 heteroatoms. The number of fused-ring (bicyclic) bond motifs is 2. The fraction of sp³-hybridized carbons (Fsp3) is 0.442. The van der Waals surface area contributed by atoms with Gasteiger partial charge < -0.3 is 10.2 Å². The minimum absolute atomic E-state index is 0.0620. The Morgan fingerprint density at radius 2 is 0.941 bits per heavy atom. The third-order valence-corrected chi connectivity index (χ3v) is 10.1. The number of aromatic nitrogens is 6. The molecule has 0 atom stereocenters. The maximum Gasteiger partial charge on any atom is 0.145 e. The molecule has 6 rings (SSSR count). The summed E-state index contributed by atoms with van der Waals surface area (Å²) in [5.41, 5.74) is 7.56. The molecule has 0 aliphatic heterocycles. The molecule has 2 N–H and O–H groups in total. The number of hydrogen-bond acceptors (Lipinski definition) is 6. The van der Waals surface area contributed by atoms with Crippen LogP contribution in [0.1, 0.15) is 124 Å². The smallest absolute Gasteiger partial charge is 0.145 e. The van der Waals surface area contributed by atoms with Gasteiger partial charge in [0.1, 0.15) is 33.9 Å². The standard InChI is InChI=1S/C43H54N6O2/c1-12-29(30-21-27(42(8,9)25-40(2,3)4)23-36(38(30)50)48-34-19-15-13-17-32(34)44-46-48)31-22-28(43(10,11)26-41(5,6)7)24-37(39(31)51)49-35-20-16-14-18-33(35)45-47-49/h13-24,29,50-51H,12,25-26H2,1-11H3. The number of benzene rings is 4. The van der Waals surface area contributed by atoms with E-state index in [1.165, 1.54) is 0 Å². The molecule has 0 spiro atoms. The van der Waals surface area contributed by atoms with Crippen LogP contribution in [0.4, 0.5) is 0 Å². The van der Waals surface area contributed by atoms with E-state index in [-0.39, 0.29) is 39.1 Å². The molecule has 2 aromatic heterocycles. The van der Waals surface area contributed by atoms with Gasteiger partial charge in [-0.15, -0.1) is 10.2 Å². The normalized spacial score (nSPS) is 13.2. The molecular formula is C43H54N6O2. The second-order valence-corrected chi connectivity index (χ2v) is 18.0. The van der Waals surface area contributed by atoms with Crippen LogP contribution in [0.3, 0.4) is 0 Å². The predicted octanol–water partition coefficient (Wildman–Crippen LogP) is 10.5. The van der Waals surface area contributed by atoms with Gasteiger partial charge in [0.05, 0.1) is 11.0 Å². The highest BCUT2D eigenvalue weighted by atomic mass is 16.3. The Hall–Kier alpha value is -4.72. The average molecular weight is 687 g/mol. The average Bonchev–Trinajstić information content (AvgIpc) is 3.65. The summed E-state index contributed by atoms with van der Waals surface area (Å²) in [7, 11) is 0. The van der Waals surface area contributed by atoms with E-state index in [1.807, 2.05) is 48.5 Å². The zero-order valence-corrected chi connectivity index (χ0v) is 32.2. The van der Waals surface area contributed by atoms with Crippen LogP contribution >= 0.6 is 0 Å². The van der Waals surface area contributed by atoms with Gasteiger partial charge in [-0.1, -0.05) is 123 Å². The van der Waals surface area contributed by atoms with E-state index in [2.05, 4.69) is 121 Å². The van der Waals surface area contributed by atoms with Crippen molar-refractivity contribution in [2.75, 3.05) is 0 Å². The van der Waals surface area contributed by atoms with Crippen LogP contribution in [0.2, 0.25) is 0 Å². The maximum absolute atomic E-state index is 12.4. The summed E-state index contributed by atoms with van der Waals surface area (Å²) in [6, 6.07) is 24.0. The Balaban J connectivity index is 1.64. The number of phenolic OH excluding ortho intramolecular Hbond substituents is 2. The van der Waals surface area contributed by atoms with Gasteiger partial charge >= 0.3 is 0 Å². The van der Waals surface area contributed by atoms with Gasteiger partial charge in [-0.05, 0) is 88.4 Å². The third-order valence-electron chi connectivity index (χ3n) is 10.1. The Morgan fingerprint density at radius 1 is 0.569 bits per heavy atom. The van der Waals surface area contributed by atoms with Crippen LogP contribution in [0.25, 0.3) is 33.4 Å². The molecule has 2 heterocycles. The molecule has 0 fully saturated rings. The van der Waals surface area contributed by atoms with Crippen molar-refractivity contribution >= 4 is 22.1 Å². The van der Waals surface area contributed by atoms with E-state index in [0.29, 0.717) is 17.8 Å². The highest BCUT2D eigenvalue weighted by Crippen LogP contribution is 2.48. The molecule has 0 saturated carbocycles. The molecule has 0 bridgehead atoms. The predicted molar refractivity (Wildman–Crippen MR) is 207 cm³/mol. The molecule has 0 radical (unpaired) electrons. The zero-order chi connectivity index (χ0) is 37.1. The number of hydrogen-bond donors (Lipinski definition) is 2. The summed E-state index contributed by atoms with van der Waals surface area (Å²) in [5, 5.41) is 42.7. The Bertz CT molecular complexity index is 2050. The molecular weight excluding hydrogens is 633 g/mol. The summed E-state index contributed by atoms with van der Waals surface area (Å²) in [6.07, 6.45) is 2.47. The molecule has 268 valence electrons. The summed E-state index contributed by atoms with van der Waals surface area (Å²) < 4.78 is 3.49. The number of nitrogens with zero attached hydrogens (tertiary/aromatic N) is 6. The minimum atomic E-state index is -0.358. The highest BCUT2D eigenvalue weighted by Gasteiger charge is 2.34. The van der Waals surface area contributed by atoms with Gasteiger partial charge in [0, 0.05) is 17.0 Å². The Labute approximate surface area is 302 Å². The summed E-state index contributed by atoms with van der Waals surface area (Å²) >= 11 is 0. The minimum Gasteiger partial charge on any atom is -0.505 e. The van der Waals surface area contributed by atoms with E-state index >= 15 is 0 Å². The van der Waals surface area contributed by atoms with E-state index in [4.69, 9.17) is 0 Å². The lowest BCUT2D eigenvalue weighted by Gasteiger charge is -2.35. The van der Waals surface area contributed by atoms with Crippen LogP contribution in [0.15, 0.2) is 72.8 Å². The first-order chi connectivity index (χ1) is 23.8. The SMILES string of the molecule is CCC(c1cc(C(C)(C)CC(C)(C)C)cc(-n2nnc3ccccc32)c1O)c1cc(C(C)(C)CC(C)(C)C)cc(-n2nnc3ccccc32)c1O. The van der Waals surface area contributed by atoms with Gasteiger partial charge in [-0.25, -0.2) is 9.36 Å². The first-order valence-electron chi connectivity index (χ1n) is 18.2. The van der Waals surface area contributed by atoms with Crippen molar-refractivity contribution in [1.29, 1.82) is 0 Å². The Morgan fingerprint density at radius 3 is 1.29 bits per heavy atom. The number of para-hydroxylation sites is 2. The van der Waals surface area contributed by atoms with E-state index in [1.54, 1.807) is 9.36 Å². The lowest BCUT2D eigenvalue weighted by molar-refractivity contribution is 0.283. The van der Waals surface area contributed by atoms with Gasteiger partial charge in [-0.2, -0.15) is 0 Å². The van der Waals surface area contributed by atoms with Crippen molar-refractivity contribution in [3.8, 4) is 22.9 Å². The second-order valence-electron chi connectivity index (χ2n) is 18.0. The van der Waals surface area contributed by atoms with Gasteiger partial charge in [0.2, 0.25) is 0 Å². The molecule has 6 aromatic rings. The number of phenols is 2. The van der Waals surface area contributed by atoms with Gasteiger partial charge in [-0.3, -0.25) is 0 Å². The van der Waals surface area contributed by atoms with Gasteiger partial charge in [0.15, 0.2) is 0 Å². The maximum atomic E-state index is 12.4. The fourth-order valence-electron chi connectivity index (χ4n) is 8.47. The molecule has 0 unspecified atom stereocenters. The van der Waals surface area contributed by atoms with E-state index in [0.717, 1.165) is 57.2 Å². The first-order valence-corrected chi connectivity index (χ1v) is 18.2. The lowest BCUT2D eigenvalue weighted by atomic mass is 9.70. The van der Waals surface area contributed by atoms with Crippen molar-refractivity contribution in [2.24, 2.45) is 10.8 Å². The highest BCUT2D eigenvalue weighted by molar-refractivity contribution is 5.78. The topological polar surface area (TPSA) is 102 Å². The van der Waals surface area contributed by atoms with Crippen molar-refractivity contribution in [3.63, 3.8) is 0 Å². The molecule has 4 aromatic carbocycles. The molecule has 0 aliphatic carbocycles. The summed E-state index contributed by atoms with van der Waals surface area (Å²) in [6.45, 7) is 24.7. The van der Waals surface area contributed by atoms with Crippen LogP contribution in [0.5, 0.6) is 11.5 Å². The molecule has 0 aliphatic rings. The van der Waals surface area contributed by atoms with Crippen molar-refractivity contribution in [2.45, 2.75) is 112 Å². The van der Waals surface area contributed by atoms with E-state index in [9.17, 15) is 10.2 Å². The number of aromatic hydroxyl groups is 2. The zero-order valence-electron chi connectivity index (χ0n) is 32.2. The molecule has 0 amide bonds. The number of rotatable bonds is 9. The van der Waals surface area contributed by atoms with Crippen LogP contribution in [0, 0.1) is 10.8 Å².